The first kappa shape index (κ1) is 12.0. The number of nitrogens with zero attached hydrogens (tertiary/aromatic N) is 1. The van der Waals surface area contributed by atoms with Crippen LogP contribution in [0, 0.1) is 0 Å². The molecule has 0 aliphatic rings. The second-order valence-electron chi connectivity index (χ2n) is 3.17. The average molecular weight is 230 g/mol. The Morgan fingerprint density at radius 1 is 1.40 bits per heavy atom. The highest BCUT2D eigenvalue weighted by Crippen LogP contribution is 2.21. The molecule has 15 heavy (non-hydrogen) atoms. The highest BCUT2D eigenvalue weighted by Gasteiger charge is 2.14. The first-order valence-electron chi connectivity index (χ1n) is 4.30. The molecule has 6 heteroatoms. The molecule has 0 aliphatic carbocycles. The zero-order valence-corrected chi connectivity index (χ0v) is 9.49. The van der Waals surface area contributed by atoms with Crippen LogP contribution in [-0.2, 0) is 21.5 Å². The van der Waals surface area contributed by atoms with Crippen molar-refractivity contribution in [2.24, 2.45) is 5.90 Å². The van der Waals surface area contributed by atoms with Gasteiger partial charge >= 0.3 is 0 Å². The van der Waals surface area contributed by atoms with Gasteiger partial charge in [-0.05, 0) is 6.07 Å². The highest BCUT2D eigenvalue weighted by atomic mass is 32.2. The zero-order valence-electron chi connectivity index (χ0n) is 8.67. The van der Waals surface area contributed by atoms with E-state index in [9.17, 15) is 8.42 Å². The quantitative estimate of drug-likeness (QED) is 0.763. The molecule has 0 aliphatic heterocycles. The predicted molar refractivity (Wildman–Crippen MR) is 58.7 cm³/mol. The summed E-state index contributed by atoms with van der Waals surface area (Å²) in [6, 6.07) is 7.03. The van der Waals surface area contributed by atoms with Gasteiger partial charge in [-0.3, -0.25) is 9.14 Å². The molecule has 0 amide bonds. The van der Waals surface area contributed by atoms with E-state index in [-0.39, 0.29) is 6.61 Å². The maximum atomic E-state index is 11.3. The summed E-state index contributed by atoms with van der Waals surface area (Å²) in [7, 11) is -1.77. The molecule has 0 saturated heterocycles. The van der Waals surface area contributed by atoms with Gasteiger partial charge in [0, 0.05) is 12.6 Å². The molecule has 1 aromatic carbocycles. The molecule has 0 fully saturated rings. The van der Waals surface area contributed by atoms with E-state index in [1.807, 2.05) is 0 Å². The number of para-hydroxylation sites is 1. The summed E-state index contributed by atoms with van der Waals surface area (Å²) < 4.78 is 23.9. The minimum absolute atomic E-state index is 0.177. The van der Waals surface area contributed by atoms with E-state index >= 15 is 0 Å². The second-order valence-corrected chi connectivity index (χ2v) is 5.18. The van der Waals surface area contributed by atoms with Crippen molar-refractivity contribution >= 4 is 15.7 Å². The number of sulfonamides is 1. The third kappa shape index (κ3) is 2.92. The third-order valence-corrected chi connectivity index (χ3v) is 3.26. The first-order valence-corrected chi connectivity index (χ1v) is 6.15. The molecule has 0 radical (unpaired) electrons. The summed E-state index contributed by atoms with van der Waals surface area (Å²) in [5.41, 5.74) is 1.30. The van der Waals surface area contributed by atoms with E-state index in [1.165, 1.54) is 11.4 Å². The largest absolute Gasteiger partial charge is 0.300 e. The molecule has 0 bridgehead atoms. The van der Waals surface area contributed by atoms with Crippen molar-refractivity contribution in [3.05, 3.63) is 29.8 Å². The van der Waals surface area contributed by atoms with E-state index in [1.54, 1.807) is 24.3 Å². The zero-order chi connectivity index (χ0) is 11.5. The molecule has 0 spiro atoms. The second kappa shape index (κ2) is 4.61. The smallest absolute Gasteiger partial charge is 0.232 e. The van der Waals surface area contributed by atoms with E-state index < -0.39 is 10.0 Å². The lowest BCUT2D eigenvalue weighted by Gasteiger charge is -2.19. The fourth-order valence-electron chi connectivity index (χ4n) is 1.21. The Morgan fingerprint density at radius 3 is 2.53 bits per heavy atom. The third-order valence-electron chi connectivity index (χ3n) is 2.07. The molecule has 2 N–H and O–H groups in total. The molecule has 0 saturated carbocycles. The van der Waals surface area contributed by atoms with Crippen LogP contribution in [-0.4, -0.2) is 21.7 Å². The van der Waals surface area contributed by atoms with Crippen LogP contribution in [0.3, 0.4) is 0 Å². The van der Waals surface area contributed by atoms with Crippen molar-refractivity contribution in [3.8, 4) is 0 Å². The van der Waals surface area contributed by atoms with Crippen LogP contribution < -0.4 is 10.2 Å². The SMILES string of the molecule is CN(c1ccccc1CON)S(C)(=O)=O. The molecule has 0 heterocycles. The van der Waals surface area contributed by atoms with Crippen molar-refractivity contribution in [1.29, 1.82) is 0 Å². The van der Waals surface area contributed by atoms with Gasteiger partial charge in [-0.15, -0.1) is 0 Å². The maximum Gasteiger partial charge on any atom is 0.232 e. The van der Waals surface area contributed by atoms with Crippen LogP contribution in [0.2, 0.25) is 0 Å². The van der Waals surface area contributed by atoms with E-state index in [0.717, 1.165) is 11.8 Å². The van der Waals surface area contributed by atoms with Gasteiger partial charge in [0.2, 0.25) is 10.0 Å². The van der Waals surface area contributed by atoms with Crippen LogP contribution in [0.15, 0.2) is 24.3 Å². The summed E-state index contributed by atoms with van der Waals surface area (Å²) in [5.74, 6) is 4.97. The van der Waals surface area contributed by atoms with E-state index in [4.69, 9.17) is 5.90 Å². The molecule has 5 nitrogen and oxygen atoms in total. The molecule has 1 rings (SSSR count). The molecule has 1 aromatic rings. The molecule has 0 aromatic heterocycles. The van der Waals surface area contributed by atoms with Crippen LogP contribution >= 0.6 is 0 Å². The Balaban J connectivity index is 3.13. The van der Waals surface area contributed by atoms with Crippen LogP contribution in [0.25, 0.3) is 0 Å². The minimum atomic E-state index is -3.26. The lowest BCUT2D eigenvalue weighted by atomic mass is 10.2. The number of anilines is 1. The van der Waals surface area contributed by atoms with Gasteiger partial charge in [-0.25, -0.2) is 14.3 Å². The Morgan fingerprint density at radius 2 is 2.00 bits per heavy atom. The number of benzene rings is 1. The fraction of sp³-hybridized carbons (Fsp3) is 0.333. The number of hydrogen-bond donors (Lipinski definition) is 1. The van der Waals surface area contributed by atoms with Gasteiger partial charge in [0.15, 0.2) is 0 Å². The summed E-state index contributed by atoms with van der Waals surface area (Å²) >= 11 is 0. The minimum Gasteiger partial charge on any atom is -0.300 e. The normalized spacial score (nSPS) is 11.4. The van der Waals surface area contributed by atoms with Gasteiger partial charge in [-0.2, -0.15) is 0 Å². The lowest BCUT2D eigenvalue weighted by molar-refractivity contribution is 0.124. The molecule has 84 valence electrons. The van der Waals surface area contributed by atoms with Gasteiger partial charge in [0.05, 0.1) is 18.6 Å². The Labute approximate surface area is 89.5 Å². The average Bonchev–Trinajstić information content (AvgIpc) is 2.17. The summed E-state index contributed by atoms with van der Waals surface area (Å²) in [5, 5.41) is 0. The Kier molecular flexibility index (Phi) is 3.67. The number of hydrogen-bond acceptors (Lipinski definition) is 4. The molecular weight excluding hydrogens is 216 g/mol. The van der Waals surface area contributed by atoms with Crippen LogP contribution in [0.1, 0.15) is 5.56 Å². The summed E-state index contributed by atoms with van der Waals surface area (Å²) in [6.45, 7) is 0.177. The van der Waals surface area contributed by atoms with Gasteiger partial charge in [0.1, 0.15) is 0 Å². The topological polar surface area (TPSA) is 72.6 Å². The van der Waals surface area contributed by atoms with Crippen molar-refractivity contribution in [1.82, 2.24) is 0 Å². The molecule has 0 unspecified atom stereocenters. The molecule has 0 atom stereocenters. The van der Waals surface area contributed by atoms with Crippen LogP contribution in [0.4, 0.5) is 5.69 Å². The predicted octanol–water partition coefficient (Wildman–Crippen LogP) is 0.473. The standard InChI is InChI=1S/C9H14N2O3S/c1-11(15(2,12)13)9-6-4-3-5-8(9)7-14-10/h3-6H,7,10H2,1-2H3. The van der Waals surface area contributed by atoms with E-state index in [0.29, 0.717) is 5.69 Å². The Hall–Kier alpha value is -1.11. The fourth-order valence-corrected chi connectivity index (χ4v) is 1.74. The number of nitrogens with two attached hydrogens (primary N) is 1. The van der Waals surface area contributed by atoms with Crippen LogP contribution in [0.5, 0.6) is 0 Å². The number of rotatable bonds is 4. The first-order chi connectivity index (χ1) is 6.96. The van der Waals surface area contributed by atoms with Crippen molar-refractivity contribution in [2.45, 2.75) is 6.61 Å². The summed E-state index contributed by atoms with van der Waals surface area (Å²) in [4.78, 5) is 4.51. The van der Waals surface area contributed by atoms with Gasteiger partial charge in [0.25, 0.3) is 0 Å². The van der Waals surface area contributed by atoms with Crippen molar-refractivity contribution in [3.63, 3.8) is 0 Å². The lowest BCUT2D eigenvalue weighted by Crippen LogP contribution is -2.26. The summed E-state index contributed by atoms with van der Waals surface area (Å²) in [6.07, 6.45) is 1.15. The van der Waals surface area contributed by atoms with Crippen molar-refractivity contribution in [2.75, 3.05) is 17.6 Å². The van der Waals surface area contributed by atoms with Gasteiger partial charge in [-0.1, -0.05) is 18.2 Å². The monoisotopic (exact) mass is 230 g/mol. The van der Waals surface area contributed by atoms with E-state index in [2.05, 4.69) is 4.84 Å². The maximum absolute atomic E-state index is 11.3. The Bertz CT molecular complexity index is 431. The van der Waals surface area contributed by atoms with Crippen molar-refractivity contribution < 1.29 is 13.3 Å². The molecular formula is C9H14N2O3S. The highest BCUT2D eigenvalue weighted by molar-refractivity contribution is 7.92. The van der Waals surface area contributed by atoms with Gasteiger partial charge < -0.3 is 0 Å².